The van der Waals surface area contributed by atoms with E-state index in [0.29, 0.717) is 25.2 Å². The Bertz CT molecular complexity index is 964. The van der Waals surface area contributed by atoms with Gasteiger partial charge in [0, 0.05) is 50.7 Å². The number of urea groups is 1. The SMILES string of the molecule is C.CC(=O)N[C@@H]1CCN(S(=O)(=O)c2ccc(NC(=O)NCc3cccnc3)cc2)C1. The lowest BCUT2D eigenvalue weighted by atomic mass is 10.3. The first-order valence-corrected chi connectivity index (χ1v) is 10.6. The van der Waals surface area contributed by atoms with E-state index in [0.717, 1.165) is 5.56 Å². The summed E-state index contributed by atoms with van der Waals surface area (Å²) < 4.78 is 26.9. The summed E-state index contributed by atoms with van der Waals surface area (Å²) >= 11 is 0. The number of hydrogen-bond acceptors (Lipinski definition) is 5. The Morgan fingerprint density at radius 2 is 1.93 bits per heavy atom. The highest BCUT2D eigenvalue weighted by Crippen LogP contribution is 2.22. The van der Waals surface area contributed by atoms with Crippen LogP contribution < -0.4 is 16.0 Å². The zero-order valence-electron chi connectivity index (χ0n) is 16.0. The summed E-state index contributed by atoms with van der Waals surface area (Å²) in [5, 5.41) is 8.12. The van der Waals surface area contributed by atoms with Crippen molar-refractivity contribution in [3.05, 3.63) is 54.4 Å². The van der Waals surface area contributed by atoms with Crippen molar-refractivity contribution < 1.29 is 18.0 Å². The topological polar surface area (TPSA) is 121 Å². The van der Waals surface area contributed by atoms with Crippen molar-refractivity contribution >= 4 is 27.6 Å². The van der Waals surface area contributed by atoms with Crippen LogP contribution in [-0.2, 0) is 21.4 Å². The number of carbonyl (C=O) groups is 2. The first-order chi connectivity index (χ1) is 13.8. The van der Waals surface area contributed by atoms with Gasteiger partial charge in [0.05, 0.1) is 4.90 Å². The number of anilines is 1. The maximum atomic E-state index is 12.8. The molecular weight excluding hydrogens is 406 g/mol. The summed E-state index contributed by atoms with van der Waals surface area (Å²) in [6.45, 7) is 2.34. The third-order valence-corrected chi connectivity index (χ3v) is 6.36. The van der Waals surface area contributed by atoms with Crippen molar-refractivity contribution in [3.63, 3.8) is 0 Å². The second kappa shape index (κ2) is 10.2. The molecule has 1 saturated heterocycles. The summed E-state index contributed by atoms with van der Waals surface area (Å²) in [6, 6.07) is 9.05. The van der Waals surface area contributed by atoms with Gasteiger partial charge in [-0.05, 0) is 42.3 Å². The van der Waals surface area contributed by atoms with E-state index in [2.05, 4.69) is 20.9 Å². The van der Waals surface area contributed by atoms with Crippen LogP contribution >= 0.6 is 0 Å². The third-order valence-electron chi connectivity index (χ3n) is 4.48. The lowest BCUT2D eigenvalue weighted by Gasteiger charge is -2.17. The Labute approximate surface area is 176 Å². The van der Waals surface area contributed by atoms with Gasteiger partial charge in [-0.25, -0.2) is 13.2 Å². The Balaban J connectivity index is 0.00000320. The van der Waals surface area contributed by atoms with Crippen molar-refractivity contribution in [2.45, 2.75) is 38.3 Å². The molecule has 9 nitrogen and oxygen atoms in total. The van der Waals surface area contributed by atoms with Crippen LogP contribution in [0.1, 0.15) is 26.3 Å². The van der Waals surface area contributed by atoms with Crippen LogP contribution in [0, 0.1) is 0 Å². The zero-order chi connectivity index (χ0) is 20.9. The molecule has 1 fully saturated rings. The molecule has 1 aliphatic heterocycles. The molecule has 0 spiro atoms. The number of benzene rings is 1. The molecule has 3 N–H and O–H groups in total. The van der Waals surface area contributed by atoms with Crippen molar-refractivity contribution in [1.29, 1.82) is 0 Å². The second-order valence-corrected chi connectivity index (χ2v) is 8.68. The van der Waals surface area contributed by atoms with Crippen molar-refractivity contribution in [3.8, 4) is 0 Å². The molecule has 1 aliphatic rings. The predicted octanol–water partition coefficient (Wildman–Crippen LogP) is 1.94. The Morgan fingerprint density at radius 1 is 1.20 bits per heavy atom. The number of aromatic nitrogens is 1. The smallest absolute Gasteiger partial charge is 0.319 e. The van der Waals surface area contributed by atoms with E-state index in [-0.39, 0.29) is 30.8 Å². The number of pyridine rings is 1. The number of hydrogen-bond donors (Lipinski definition) is 3. The molecule has 30 heavy (non-hydrogen) atoms. The van der Waals surface area contributed by atoms with Gasteiger partial charge in [-0.1, -0.05) is 13.5 Å². The van der Waals surface area contributed by atoms with Gasteiger partial charge in [0.25, 0.3) is 0 Å². The molecule has 1 aromatic heterocycles. The number of nitrogens with zero attached hydrogens (tertiary/aromatic N) is 2. The van der Waals surface area contributed by atoms with E-state index in [9.17, 15) is 18.0 Å². The Hall–Kier alpha value is -2.98. The monoisotopic (exact) mass is 433 g/mol. The highest BCUT2D eigenvalue weighted by atomic mass is 32.2. The molecule has 0 unspecified atom stereocenters. The normalized spacial score (nSPS) is 16.4. The zero-order valence-corrected chi connectivity index (χ0v) is 16.8. The van der Waals surface area contributed by atoms with Crippen LogP contribution in [0.25, 0.3) is 0 Å². The van der Waals surface area contributed by atoms with Gasteiger partial charge in [-0.2, -0.15) is 4.31 Å². The molecular formula is C20H27N5O4S. The average molecular weight is 434 g/mol. The predicted molar refractivity (Wildman–Crippen MR) is 114 cm³/mol. The Kier molecular flexibility index (Phi) is 7.90. The first-order valence-electron chi connectivity index (χ1n) is 9.15. The van der Waals surface area contributed by atoms with Gasteiger partial charge in [0.15, 0.2) is 0 Å². The maximum absolute atomic E-state index is 12.8. The molecule has 3 rings (SSSR count). The maximum Gasteiger partial charge on any atom is 0.319 e. The van der Waals surface area contributed by atoms with E-state index in [1.807, 2.05) is 6.07 Å². The van der Waals surface area contributed by atoms with Crippen LogP contribution in [0.5, 0.6) is 0 Å². The minimum absolute atomic E-state index is 0. The molecule has 0 bridgehead atoms. The number of rotatable bonds is 6. The summed E-state index contributed by atoms with van der Waals surface area (Å²) in [4.78, 5) is 27.3. The highest BCUT2D eigenvalue weighted by molar-refractivity contribution is 7.89. The molecule has 0 aliphatic carbocycles. The lowest BCUT2D eigenvalue weighted by Crippen LogP contribution is -2.37. The molecule has 2 aromatic rings. The van der Waals surface area contributed by atoms with Gasteiger partial charge in [-0.15, -0.1) is 0 Å². The van der Waals surface area contributed by atoms with Gasteiger partial charge < -0.3 is 16.0 Å². The molecule has 10 heteroatoms. The van der Waals surface area contributed by atoms with Gasteiger partial charge in [0.1, 0.15) is 0 Å². The van der Waals surface area contributed by atoms with Crippen LogP contribution in [0.4, 0.5) is 10.5 Å². The van der Waals surface area contributed by atoms with Crippen LogP contribution in [0.2, 0.25) is 0 Å². The van der Waals surface area contributed by atoms with Crippen LogP contribution in [0.3, 0.4) is 0 Å². The number of amides is 3. The third kappa shape index (κ3) is 6.01. The number of nitrogens with one attached hydrogen (secondary N) is 3. The minimum atomic E-state index is -3.65. The van der Waals surface area contributed by atoms with Gasteiger partial charge >= 0.3 is 6.03 Å². The van der Waals surface area contributed by atoms with Crippen molar-refractivity contribution in [1.82, 2.24) is 19.9 Å². The fraction of sp³-hybridized carbons (Fsp3) is 0.350. The van der Waals surface area contributed by atoms with Crippen LogP contribution in [0.15, 0.2) is 53.7 Å². The molecule has 1 atom stereocenters. The van der Waals surface area contributed by atoms with E-state index >= 15 is 0 Å². The first kappa shape index (κ1) is 23.3. The fourth-order valence-electron chi connectivity index (χ4n) is 3.07. The number of sulfonamides is 1. The summed E-state index contributed by atoms with van der Waals surface area (Å²) in [5.41, 5.74) is 1.34. The minimum Gasteiger partial charge on any atom is -0.352 e. The Morgan fingerprint density at radius 3 is 2.57 bits per heavy atom. The quantitative estimate of drug-likeness (QED) is 0.643. The molecule has 0 radical (unpaired) electrons. The van der Waals surface area contributed by atoms with Crippen molar-refractivity contribution in [2.75, 3.05) is 18.4 Å². The summed E-state index contributed by atoms with van der Waals surface area (Å²) in [5.74, 6) is -0.175. The summed E-state index contributed by atoms with van der Waals surface area (Å²) in [6.07, 6.45) is 3.89. The van der Waals surface area contributed by atoms with E-state index in [1.54, 1.807) is 18.5 Å². The molecule has 0 saturated carbocycles. The van der Waals surface area contributed by atoms with E-state index < -0.39 is 16.1 Å². The number of carbonyl (C=O) groups excluding carboxylic acids is 2. The highest BCUT2D eigenvalue weighted by Gasteiger charge is 2.32. The largest absolute Gasteiger partial charge is 0.352 e. The van der Waals surface area contributed by atoms with Gasteiger partial charge in [-0.3, -0.25) is 9.78 Å². The van der Waals surface area contributed by atoms with Crippen molar-refractivity contribution in [2.24, 2.45) is 0 Å². The van der Waals surface area contributed by atoms with Gasteiger partial charge in [0.2, 0.25) is 15.9 Å². The lowest BCUT2D eigenvalue weighted by molar-refractivity contribution is -0.119. The standard InChI is InChI=1S/C19H23N5O4S.CH4/c1-14(25)22-17-8-10-24(13-17)29(27,28)18-6-4-16(5-7-18)23-19(26)21-12-15-3-2-9-20-11-15;/h2-7,9,11,17H,8,10,12-13H2,1H3,(H,22,25)(H2,21,23,26);1H4/t17-;/m1./s1. The van der Waals surface area contributed by atoms with Crippen LogP contribution in [-0.4, -0.2) is 48.8 Å². The van der Waals surface area contributed by atoms with E-state index in [1.165, 1.54) is 35.5 Å². The van der Waals surface area contributed by atoms with E-state index in [4.69, 9.17) is 0 Å². The molecule has 1 aromatic carbocycles. The fourth-order valence-corrected chi connectivity index (χ4v) is 4.57. The average Bonchev–Trinajstić information content (AvgIpc) is 3.16. The molecule has 162 valence electrons. The second-order valence-electron chi connectivity index (χ2n) is 6.74. The molecule has 2 heterocycles. The summed E-state index contributed by atoms with van der Waals surface area (Å²) in [7, 11) is -3.65. The molecule has 3 amide bonds.